The standard InChI is InChI=1S/C17H16Cl2F2/c1-12-4-2-3-5-16(12)17(10-18,11-19)9-13-6-14(20)8-15(21)7-13/h2-8H,9-11H2,1H3. The zero-order valence-corrected chi connectivity index (χ0v) is 13.2. The molecule has 0 atom stereocenters. The molecule has 2 aromatic carbocycles. The molecule has 0 fully saturated rings. The molecular formula is C17H16Cl2F2. The summed E-state index contributed by atoms with van der Waals surface area (Å²) in [7, 11) is 0. The monoisotopic (exact) mass is 328 g/mol. The van der Waals surface area contributed by atoms with Gasteiger partial charge in [-0.25, -0.2) is 8.78 Å². The van der Waals surface area contributed by atoms with Crippen LogP contribution in [0.1, 0.15) is 16.7 Å². The van der Waals surface area contributed by atoms with E-state index in [1.54, 1.807) is 0 Å². The topological polar surface area (TPSA) is 0 Å². The van der Waals surface area contributed by atoms with Crippen LogP contribution in [0.2, 0.25) is 0 Å². The highest BCUT2D eigenvalue weighted by Gasteiger charge is 2.32. The van der Waals surface area contributed by atoms with Gasteiger partial charge in [-0.05, 0) is 42.2 Å². The summed E-state index contributed by atoms with van der Waals surface area (Å²) in [5.74, 6) is -0.625. The van der Waals surface area contributed by atoms with Crippen molar-refractivity contribution in [3.05, 3.63) is 70.8 Å². The van der Waals surface area contributed by atoms with Gasteiger partial charge in [-0.1, -0.05) is 24.3 Å². The van der Waals surface area contributed by atoms with Gasteiger partial charge in [0, 0.05) is 23.2 Å². The summed E-state index contributed by atoms with van der Waals surface area (Å²) in [4.78, 5) is 0. The molecule has 2 rings (SSSR count). The highest BCUT2D eigenvalue weighted by atomic mass is 35.5. The lowest BCUT2D eigenvalue weighted by atomic mass is 9.77. The van der Waals surface area contributed by atoms with E-state index in [0.29, 0.717) is 12.0 Å². The van der Waals surface area contributed by atoms with E-state index in [4.69, 9.17) is 23.2 Å². The van der Waals surface area contributed by atoms with Crippen molar-refractivity contribution in [1.29, 1.82) is 0 Å². The molecule has 0 saturated carbocycles. The summed E-state index contributed by atoms with van der Waals surface area (Å²) in [6, 6.07) is 11.3. The third-order valence-corrected chi connectivity index (χ3v) is 4.72. The minimum atomic E-state index is -0.590. The predicted octanol–water partition coefficient (Wildman–Crippen LogP) is 5.23. The fourth-order valence-electron chi connectivity index (χ4n) is 2.64. The molecule has 0 N–H and O–H groups in total. The molecule has 0 spiro atoms. The fourth-order valence-corrected chi connectivity index (χ4v) is 3.40. The fraction of sp³-hybridized carbons (Fsp3) is 0.294. The quantitative estimate of drug-likeness (QED) is 0.659. The number of halogens is 4. The van der Waals surface area contributed by atoms with E-state index < -0.39 is 17.0 Å². The Kier molecular flexibility index (Phi) is 5.23. The van der Waals surface area contributed by atoms with Crippen LogP contribution in [0, 0.1) is 18.6 Å². The first-order valence-corrected chi connectivity index (χ1v) is 7.71. The molecule has 0 aliphatic carbocycles. The molecule has 2 aromatic rings. The smallest absolute Gasteiger partial charge is 0.126 e. The summed E-state index contributed by atoms with van der Waals surface area (Å²) < 4.78 is 26.8. The Morgan fingerprint density at radius 2 is 1.52 bits per heavy atom. The Morgan fingerprint density at radius 1 is 0.952 bits per heavy atom. The number of hydrogen-bond donors (Lipinski definition) is 0. The summed E-state index contributed by atoms with van der Waals surface area (Å²) in [5.41, 5.74) is 2.08. The average Bonchev–Trinajstić information content (AvgIpc) is 2.44. The SMILES string of the molecule is Cc1ccccc1C(CCl)(CCl)Cc1cc(F)cc(F)c1. The molecule has 0 nitrogen and oxygen atoms in total. The summed E-state index contributed by atoms with van der Waals surface area (Å²) >= 11 is 12.4. The molecule has 0 heterocycles. The second-order valence-corrected chi connectivity index (χ2v) is 5.85. The van der Waals surface area contributed by atoms with Crippen molar-refractivity contribution in [3.63, 3.8) is 0 Å². The molecule has 0 saturated heterocycles. The van der Waals surface area contributed by atoms with Crippen molar-refractivity contribution in [2.75, 3.05) is 11.8 Å². The number of alkyl halides is 2. The second kappa shape index (κ2) is 6.76. The molecular weight excluding hydrogens is 313 g/mol. The van der Waals surface area contributed by atoms with E-state index in [2.05, 4.69) is 0 Å². The molecule has 112 valence electrons. The van der Waals surface area contributed by atoms with Gasteiger partial charge in [0.2, 0.25) is 0 Å². The highest BCUT2D eigenvalue weighted by Crippen LogP contribution is 2.34. The molecule has 0 aliphatic rings. The lowest BCUT2D eigenvalue weighted by molar-refractivity contribution is 0.523. The minimum Gasteiger partial charge on any atom is -0.207 e. The molecule has 0 bridgehead atoms. The number of benzene rings is 2. The van der Waals surface area contributed by atoms with Gasteiger partial charge in [-0.2, -0.15) is 0 Å². The Labute approximate surface area is 133 Å². The van der Waals surface area contributed by atoms with Crippen LogP contribution in [0.4, 0.5) is 8.78 Å². The van der Waals surface area contributed by atoms with Gasteiger partial charge in [-0.15, -0.1) is 23.2 Å². The van der Waals surface area contributed by atoms with Gasteiger partial charge in [0.25, 0.3) is 0 Å². The number of aryl methyl sites for hydroxylation is 1. The Hall–Kier alpha value is -1.12. The molecule has 0 radical (unpaired) electrons. The highest BCUT2D eigenvalue weighted by molar-refractivity contribution is 6.22. The average molecular weight is 329 g/mol. The van der Waals surface area contributed by atoms with Crippen LogP contribution in [0.15, 0.2) is 42.5 Å². The van der Waals surface area contributed by atoms with E-state index in [0.717, 1.165) is 17.2 Å². The van der Waals surface area contributed by atoms with Gasteiger partial charge >= 0.3 is 0 Å². The van der Waals surface area contributed by atoms with Crippen molar-refractivity contribution in [3.8, 4) is 0 Å². The van der Waals surface area contributed by atoms with E-state index in [9.17, 15) is 8.78 Å². The van der Waals surface area contributed by atoms with Crippen molar-refractivity contribution < 1.29 is 8.78 Å². The van der Waals surface area contributed by atoms with Gasteiger partial charge in [0.15, 0.2) is 0 Å². The van der Waals surface area contributed by atoms with Gasteiger partial charge in [0.05, 0.1) is 0 Å². The van der Waals surface area contributed by atoms with Crippen LogP contribution in [0.5, 0.6) is 0 Å². The van der Waals surface area contributed by atoms with Crippen molar-refractivity contribution >= 4 is 23.2 Å². The largest absolute Gasteiger partial charge is 0.207 e. The first-order valence-electron chi connectivity index (χ1n) is 6.64. The third-order valence-electron chi connectivity index (χ3n) is 3.69. The van der Waals surface area contributed by atoms with Gasteiger partial charge in [-0.3, -0.25) is 0 Å². The maximum Gasteiger partial charge on any atom is 0.126 e. The zero-order valence-electron chi connectivity index (χ0n) is 11.7. The maximum absolute atomic E-state index is 13.4. The summed E-state index contributed by atoms with van der Waals surface area (Å²) in [6.07, 6.45) is 0.388. The summed E-state index contributed by atoms with van der Waals surface area (Å²) in [5, 5.41) is 0. The van der Waals surface area contributed by atoms with Gasteiger partial charge < -0.3 is 0 Å². The van der Waals surface area contributed by atoms with Crippen LogP contribution in [0.3, 0.4) is 0 Å². The zero-order chi connectivity index (χ0) is 15.5. The molecule has 21 heavy (non-hydrogen) atoms. The van der Waals surface area contributed by atoms with E-state index in [1.165, 1.54) is 12.1 Å². The number of hydrogen-bond acceptors (Lipinski definition) is 0. The van der Waals surface area contributed by atoms with E-state index >= 15 is 0 Å². The Balaban J connectivity index is 2.45. The van der Waals surface area contributed by atoms with Crippen LogP contribution in [0.25, 0.3) is 0 Å². The molecule has 4 heteroatoms. The Bertz CT molecular complexity index is 602. The maximum atomic E-state index is 13.4. The normalized spacial score (nSPS) is 11.7. The van der Waals surface area contributed by atoms with Crippen molar-refractivity contribution in [1.82, 2.24) is 0 Å². The van der Waals surface area contributed by atoms with E-state index in [1.807, 2.05) is 31.2 Å². The summed E-state index contributed by atoms with van der Waals surface area (Å²) in [6.45, 7) is 1.98. The molecule has 0 aliphatic heterocycles. The van der Waals surface area contributed by atoms with Crippen LogP contribution in [-0.2, 0) is 11.8 Å². The lowest BCUT2D eigenvalue weighted by Gasteiger charge is -2.32. The van der Waals surface area contributed by atoms with Crippen LogP contribution >= 0.6 is 23.2 Å². The molecule has 0 aromatic heterocycles. The van der Waals surface area contributed by atoms with Gasteiger partial charge in [0.1, 0.15) is 11.6 Å². The minimum absolute atomic E-state index is 0.277. The number of rotatable bonds is 5. The van der Waals surface area contributed by atoms with Crippen molar-refractivity contribution in [2.45, 2.75) is 18.8 Å². The van der Waals surface area contributed by atoms with Crippen LogP contribution < -0.4 is 0 Å². The lowest BCUT2D eigenvalue weighted by Crippen LogP contribution is -2.34. The Morgan fingerprint density at radius 3 is 2.05 bits per heavy atom. The first-order chi connectivity index (χ1) is 10.0. The third kappa shape index (κ3) is 3.56. The van der Waals surface area contributed by atoms with E-state index in [-0.39, 0.29) is 11.8 Å². The predicted molar refractivity (Wildman–Crippen MR) is 84.4 cm³/mol. The first kappa shape index (κ1) is 16.3. The molecule has 0 unspecified atom stereocenters. The van der Waals surface area contributed by atoms with Crippen LogP contribution in [-0.4, -0.2) is 11.8 Å². The van der Waals surface area contributed by atoms with Crippen molar-refractivity contribution in [2.24, 2.45) is 0 Å². The second-order valence-electron chi connectivity index (χ2n) is 5.32. The molecule has 0 amide bonds.